The molecule has 1 saturated heterocycles. The molecule has 0 aliphatic carbocycles. The topological polar surface area (TPSA) is 75.7 Å². The molecule has 0 bridgehead atoms. The van der Waals surface area contributed by atoms with Gasteiger partial charge >= 0.3 is 0 Å². The number of carbonyl (C=O) groups excluding carboxylic acids is 1. The number of sulfonamides is 1. The average molecular weight is 469 g/mol. The number of ether oxygens (including phenoxy) is 1. The van der Waals surface area contributed by atoms with Crippen LogP contribution in [0.2, 0.25) is 0 Å². The van der Waals surface area contributed by atoms with E-state index in [0.29, 0.717) is 32.5 Å². The summed E-state index contributed by atoms with van der Waals surface area (Å²) in [7, 11) is -3.97. The summed E-state index contributed by atoms with van der Waals surface area (Å²) in [6.07, 6.45) is 1.49. The fourth-order valence-electron chi connectivity index (χ4n) is 3.76. The molecule has 0 unspecified atom stereocenters. The average Bonchev–Trinajstić information content (AvgIpc) is 2.84. The van der Waals surface area contributed by atoms with Crippen molar-refractivity contribution in [3.63, 3.8) is 0 Å². The second-order valence-electron chi connectivity index (χ2n) is 7.89. The highest BCUT2D eigenvalue weighted by molar-refractivity contribution is 7.92. The van der Waals surface area contributed by atoms with Gasteiger partial charge in [-0.2, -0.15) is 0 Å². The number of para-hydroxylation sites is 1. The number of nitrogens with zero attached hydrogens (tertiary/aromatic N) is 1. The summed E-state index contributed by atoms with van der Waals surface area (Å²) >= 11 is 0. The Balaban J connectivity index is 1.40. The van der Waals surface area contributed by atoms with Crippen LogP contribution in [0.5, 0.6) is 0 Å². The van der Waals surface area contributed by atoms with Gasteiger partial charge in [-0.05, 0) is 54.8 Å². The number of nitrogens with one attached hydrogen (secondary N) is 1. The predicted molar refractivity (Wildman–Crippen MR) is 124 cm³/mol. The lowest BCUT2D eigenvalue weighted by atomic mass is 10.1. The Hall–Kier alpha value is -3.23. The van der Waals surface area contributed by atoms with Crippen molar-refractivity contribution in [3.05, 3.63) is 95.8 Å². The first-order valence-electron chi connectivity index (χ1n) is 10.7. The van der Waals surface area contributed by atoms with Crippen LogP contribution in [0.1, 0.15) is 28.8 Å². The van der Waals surface area contributed by atoms with E-state index >= 15 is 0 Å². The molecular formula is C25H25FN2O4S. The summed E-state index contributed by atoms with van der Waals surface area (Å²) < 4.78 is 47.1. The van der Waals surface area contributed by atoms with Gasteiger partial charge in [0.2, 0.25) is 0 Å². The number of likely N-dealkylation sites (tertiary alicyclic amines) is 1. The molecule has 0 atom stereocenters. The van der Waals surface area contributed by atoms with Crippen LogP contribution in [0.15, 0.2) is 83.8 Å². The summed E-state index contributed by atoms with van der Waals surface area (Å²) in [5.41, 5.74) is 1.57. The minimum absolute atomic E-state index is 0.0708. The first-order chi connectivity index (χ1) is 15.9. The highest BCUT2D eigenvalue weighted by atomic mass is 32.2. The van der Waals surface area contributed by atoms with Gasteiger partial charge in [-0.1, -0.05) is 42.5 Å². The molecule has 172 valence electrons. The summed E-state index contributed by atoms with van der Waals surface area (Å²) in [6.45, 7) is 1.59. The van der Waals surface area contributed by atoms with Crippen molar-refractivity contribution >= 4 is 21.6 Å². The van der Waals surface area contributed by atoms with Gasteiger partial charge in [0.25, 0.3) is 15.9 Å². The highest BCUT2D eigenvalue weighted by Gasteiger charge is 2.26. The van der Waals surface area contributed by atoms with Gasteiger partial charge in [-0.25, -0.2) is 12.8 Å². The number of hydrogen-bond acceptors (Lipinski definition) is 4. The number of carbonyl (C=O) groups is 1. The number of hydrogen-bond donors (Lipinski definition) is 1. The minimum Gasteiger partial charge on any atom is -0.373 e. The molecule has 1 aliphatic heterocycles. The lowest BCUT2D eigenvalue weighted by Gasteiger charge is -2.32. The largest absolute Gasteiger partial charge is 0.373 e. The first kappa shape index (κ1) is 22.9. The Morgan fingerprint density at radius 3 is 2.27 bits per heavy atom. The summed E-state index contributed by atoms with van der Waals surface area (Å²) in [6, 6.07) is 21.0. The maximum Gasteiger partial charge on any atom is 0.261 e. The number of halogens is 1. The van der Waals surface area contributed by atoms with Crippen molar-refractivity contribution in [1.29, 1.82) is 0 Å². The fraction of sp³-hybridized carbons (Fsp3) is 0.240. The van der Waals surface area contributed by atoms with E-state index in [-0.39, 0.29) is 28.2 Å². The van der Waals surface area contributed by atoms with E-state index in [1.165, 1.54) is 12.1 Å². The van der Waals surface area contributed by atoms with E-state index in [4.69, 9.17) is 4.74 Å². The molecule has 1 N–H and O–H groups in total. The second-order valence-corrected chi connectivity index (χ2v) is 9.58. The maximum absolute atomic E-state index is 13.2. The Morgan fingerprint density at radius 1 is 0.939 bits per heavy atom. The van der Waals surface area contributed by atoms with E-state index in [1.807, 2.05) is 30.3 Å². The molecule has 4 rings (SSSR count). The van der Waals surface area contributed by atoms with Crippen molar-refractivity contribution in [3.8, 4) is 0 Å². The summed E-state index contributed by atoms with van der Waals surface area (Å²) in [4.78, 5) is 14.8. The monoisotopic (exact) mass is 468 g/mol. The van der Waals surface area contributed by atoms with Crippen LogP contribution >= 0.6 is 0 Å². The van der Waals surface area contributed by atoms with Crippen LogP contribution < -0.4 is 4.72 Å². The SMILES string of the molecule is O=C(c1ccccc1NS(=O)(=O)c1ccc(F)cc1)N1CCC(OCc2ccccc2)CC1. The molecule has 33 heavy (non-hydrogen) atoms. The molecule has 0 aromatic heterocycles. The third-order valence-electron chi connectivity index (χ3n) is 5.58. The van der Waals surface area contributed by atoms with Crippen LogP contribution in [0.3, 0.4) is 0 Å². The van der Waals surface area contributed by atoms with E-state index in [2.05, 4.69) is 4.72 Å². The molecule has 0 radical (unpaired) electrons. The smallest absolute Gasteiger partial charge is 0.261 e. The standard InChI is InChI=1S/C25H25FN2O4S/c26-20-10-12-22(13-11-20)33(30,31)27-24-9-5-4-8-23(24)25(29)28-16-14-21(15-17-28)32-18-19-6-2-1-3-7-19/h1-13,21,27H,14-18H2. The van der Waals surface area contributed by atoms with Crippen LogP contribution in [0.25, 0.3) is 0 Å². The van der Waals surface area contributed by atoms with Crippen LogP contribution in [0.4, 0.5) is 10.1 Å². The fourth-order valence-corrected chi connectivity index (χ4v) is 4.84. The molecule has 1 heterocycles. The maximum atomic E-state index is 13.2. The predicted octanol–water partition coefficient (Wildman–Crippen LogP) is 4.45. The molecule has 0 spiro atoms. The van der Waals surface area contributed by atoms with E-state index in [0.717, 1.165) is 17.7 Å². The van der Waals surface area contributed by atoms with E-state index in [1.54, 1.807) is 29.2 Å². The van der Waals surface area contributed by atoms with E-state index < -0.39 is 15.8 Å². The molecule has 1 aliphatic rings. The van der Waals surface area contributed by atoms with Gasteiger partial charge < -0.3 is 9.64 Å². The van der Waals surface area contributed by atoms with Gasteiger partial charge in [0.15, 0.2) is 0 Å². The Kier molecular flexibility index (Phi) is 7.05. The second kappa shape index (κ2) is 10.1. The van der Waals surface area contributed by atoms with Crippen molar-refractivity contribution in [2.45, 2.75) is 30.4 Å². The van der Waals surface area contributed by atoms with Crippen molar-refractivity contribution in [2.75, 3.05) is 17.8 Å². The van der Waals surface area contributed by atoms with Crippen LogP contribution in [0, 0.1) is 5.82 Å². The zero-order valence-electron chi connectivity index (χ0n) is 18.0. The molecule has 8 heteroatoms. The Bertz CT molecular complexity index is 1190. The number of amides is 1. The highest BCUT2D eigenvalue weighted by Crippen LogP contribution is 2.24. The number of rotatable bonds is 7. The molecule has 1 fully saturated rings. The quantitative estimate of drug-likeness (QED) is 0.556. The lowest BCUT2D eigenvalue weighted by Crippen LogP contribution is -2.41. The number of anilines is 1. The zero-order valence-corrected chi connectivity index (χ0v) is 18.8. The van der Waals surface area contributed by atoms with E-state index in [9.17, 15) is 17.6 Å². The number of benzene rings is 3. The Morgan fingerprint density at radius 2 is 1.58 bits per heavy atom. The van der Waals surface area contributed by atoms with Crippen LogP contribution in [-0.2, 0) is 21.4 Å². The third kappa shape index (κ3) is 5.77. The molecule has 1 amide bonds. The molecule has 3 aromatic rings. The van der Waals surface area contributed by atoms with Crippen LogP contribution in [-0.4, -0.2) is 38.4 Å². The summed E-state index contributed by atoms with van der Waals surface area (Å²) in [5, 5.41) is 0. The summed E-state index contributed by atoms with van der Waals surface area (Å²) in [5.74, 6) is -0.769. The van der Waals surface area contributed by atoms with Gasteiger partial charge in [-0.15, -0.1) is 0 Å². The molecule has 6 nitrogen and oxygen atoms in total. The van der Waals surface area contributed by atoms with Gasteiger partial charge in [0.05, 0.1) is 28.9 Å². The van der Waals surface area contributed by atoms with Crippen molar-refractivity contribution in [2.24, 2.45) is 0 Å². The number of piperidine rings is 1. The zero-order chi connectivity index (χ0) is 23.3. The lowest BCUT2D eigenvalue weighted by molar-refractivity contribution is -0.000355. The molecule has 3 aromatic carbocycles. The molecule has 0 saturated carbocycles. The van der Waals surface area contributed by atoms with Crippen molar-refractivity contribution < 1.29 is 22.3 Å². The van der Waals surface area contributed by atoms with Gasteiger partial charge in [0, 0.05) is 13.1 Å². The minimum atomic E-state index is -3.97. The normalized spacial score (nSPS) is 14.8. The first-order valence-corrected chi connectivity index (χ1v) is 12.2. The van der Waals surface area contributed by atoms with Gasteiger partial charge in [0.1, 0.15) is 5.82 Å². The van der Waals surface area contributed by atoms with Gasteiger partial charge in [-0.3, -0.25) is 9.52 Å². The third-order valence-corrected chi connectivity index (χ3v) is 6.96. The molecular weight excluding hydrogens is 443 g/mol. The Labute approximate surface area is 193 Å². The van der Waals surface area contributed by atoms with Crippen molar-refractivity contribution in [1.82, 2.24) is 4.90 Å².